The number of hydrogen-bond acceptors (Lipinski definition) is 4. The molecule has 0 aromatic carbocycles. The van der Waals surface area contributed by atoms with Gasteiger partial charge in [-0.1, -0.05) is 0 Å². The molecule has 4 heteroatoms. The summed E-state index contributed by atoms with van der Waals surface area (Å²) in [6, 6.07) is 1.42. The minimum atomic E-state index is 0.251. The molecule has 0 spiro atoms. The zero-order chi connectivity index (χ0) is 13.2. The first-order valence-corrected chi connectivity index (χ1v) is 8.68. The Morgan fingerprint density at radius 3 is 2.94 bits per heavy atom. The smallest absolute Gasteiger partial charge is 0.0358 e. The van der Waals surface area contributed by atoms with Crippen LogP contribution in [0.15, 0.2) is 0 Å². The van der Waals surface area contributed by atoms with Crippen LogP contribution < -0.4 is 5.73 Å². The molecule has 3 unspecified atom stereocenters. The summed E-state index contributed by atoms with van der Waals surface area (Å²) in [7, 11) is 2.29. The third kappa shape index (κ3) is 2.72. The molecule has 3 atom stereocenters. The first kappa shape index (κ1) is 14.6. The molecule has 2 fully saturated rings. The summed E-state index contributed by atoms with van der Waals surface area (Å²) in [5.74, 6) is 1.20. The molecule has 0 saturated carbocycles. The number of likely N-dealkylation sites (N-methyl/N-ethyl adjacent to an activating group) is 1. The van der Waals surface area contributed by atoms with E-state index in [1.54, 1.807) is 0 Å². The highest BCUT2D eigenvalue weighted by atomic mass is 32.2. The van der Waals surface area contributed by atoms with Crippen molar-refractivity contribution in [2.75, 3.05) is 38.7 Å². The monoisotopic (exact) mass is 271 g/mol. The predicted octanol–water partition coefficient (Wildman–Crippen LogP) is 1.63. The van der Waals surface area contributed by atoms with E-state index in [0.29, 0.717) is 6.04 Å². The number of piperidine rings is 1. The third-order valence-corrected chi connectivity index (χ3v) is 5.99. The van der Waals surface area contributed by atoms with Gasteiger partial charge in [-0.3, -0.25) is 4.90 Å². The van der Waals surface area contributed by atoms with Crippen molar-refractivity contribution in [1.29, 1.82) is 0 Å². The lowest BCUT2D eigenvalue weighted by atomic mass is 9.81. The van der Waals surface area contributed by atoms with Crippen molar-refractivity contribution >= 4 is 11.8 Å². The van der Waals surface area contributed by atoms with Gasteiger partial charge in [-0.15, -0.1) is 0 Å². The second kappa shape index (κ2) is 6.12. The van der Waals surface area contributed by atoms with Gasteiger partial charge in [0.1, 0.15) is 0 Å². The Labute approximate surface area is 116 Å². The van der Waals surface area contributed by atoms with Crippen LogP contribution in [0.25, 0.3) is 0 Å². The van der Waals surface area contributed by atoms with E-state index in [2.05, 4.69) is 30.0 Å². The van der Waals surface area contributed by atoms with Gasteiger partial charge in [-0.05, 0) is 52.5 Å². The molecule has 18 heavy (non-hydrogen) atoms. The van der Waals surface area contributed by atoms with Gasteiger partial charge in [0.15, 0.2) is 0 Å². The molecule has 0 radical (unpaired) electrons. The van der Waals surface area contributed by atoms with E-state index in [1.165, 1.54) is 44.5 Å². The zero-order valence-corrected chi connectivity index (χ0v) is 13.0. The van der Waals surface area contributed by atoms with E-state index in [1.807, 2.05) is 11.8 Å². The summed E-state index contributed by atoms with van der Waals surface area (Å²) in [4.78, 5) is 5.26. The highest BCUT2D eigenvalue weighted by Gasteiger charge is 2.44. The Hall–Kier alpha value is 0.230. The molecule has 2 N–H and O–H groups in total. The van der Waals surface area contributed by atoms with Crippen molar-refractivity contribution in [1.82, 2.24) is 9.80 Å². The molecule has 2 aliphatic rings. The highest BCUT2D eigenvalue weighted by Crippen LogP contribution is 2.36. The van der Waals surface area contributed by atoms with Gasteiger partial charge in [0.25, 0.3) is 0 Å². The quantitative estimate of drug-likeness (QED) is 0.824. The van der Waals surface area contributed by atoms with E-state index >= 15 is 0 Å². The number of rotatable bonds is 5. The first-order chi connectivity index (χ1) is 8.63. The van der Waals surface area contributed by atoms with Crippen molar-refractivity contribution < 1.29 is 0 Å². The molecule has 2 rings (SSSR count). The Morgan fingerprint density at radius 1 is 1.50 bits per heavy atom. The summed E-state index contributed by atoms with van der Waals surface area (Å²) >= 11 is 1.94. The fraction of sp³-hybridized carbons (Fsp3) is 1.00. The van der Waals surface area contributed by atoms with Crippen LogP contribution in [-0.4, -0.2) is 66.1 Å². The lowest BCUT2D eigenvalue weighted by Gasteiger charge is -2.51. The van der Waals surface area contributed by atoms with E-state index in [9.17, 15) is 0 Å². The van der Waals surface area contributed by atoms with Gasteiger partial charge in [0.05, 0.1) is 0 Å². The average Bonchev–Trinajstić information content (AvgIpc) is 2.84. The maximum atomic E-state index is 6.19. The Bertz CT molecular complexity index is 274. The van der Waals surface area contributed by atoms with Crippen molar-refractivity contribution in [2.45, 2.75) is 50.2 Å². The van der Waals surface area contributed by atoms with Crippen molar-refractivity contribution in [2.24, 2.45) is 5.73 Å². The molecule has 106 valence electrons. The summed E-state index contributed by atoms with van der Waals surface area (Å²) in [5, 5.41) is 0. The first-order valence-electron chi connectivity index (χ1n) is 7.29. The predicted molar refractivity (Wildman–Crippen MR) is 81.2 cm³/mol. The summed E-state index contributed by atoms with van der Waals surface area (Å²) in [6.45, 7) is 5.72. The molecule has 0 bridgehead atoms. The average molecular weight is 271 g/mol. The fourth-order valence-electron chi connectivity index (χ4n) is 3.78. The molecule has 0 aromatic heterocycles. The van der Waals surface area contributed by atoms with Gasteiger partial charge in [-0.2, -0.15) is 11.8 Å². The molecule has 3 nitrogen and oxygen atoms in total. The van der Waals surface area contributed by atoms with Gasteiger partial charge in [-0.25, -0.2) is 0 Å². The second-order valence-corrected chi connectivity index (χ2v) is 7.04. The van der Waals surface area contributed by atoms with Crippen molar-refractivity contribution in [3.8, 4) is 0 Å². The Balaban J connectivity index is 2.05. The van der Waals surface area contributed by atoms with Crippen LogP contribution in [-0.2, 0) is 0 Å². The standard InChI is InChI=1S/C14H29N3S/c1-12(10-18-3)16(2)14(11-15)6-8-17-7-4-5-13(17)9-14/h12-13H,4-11,15H2,1-3H3. The second-order valence-electron chi connectivity index (χ2n) is 6.13. The number of hydrogen-bond donors (Lipinski definition) is 1. The van der Waals surface area contributed by atoms with Crippen LogP contribution in [0.4, 0.5) is 0 Å². The number of nitrogens with zero attached hydrogens (tertiary/aromatic N) is 2. The van der Waals surface area contributed by atoms with Crippen LogP contribution in [0.5, 0.6) is 0 Å². The number of fused-ring (bicyclic) bond motifs is 1. The maximum absolute atomic E-state index is 6.19. The lowest BCUT2D eigenvalue weighted by Crippen LogP contribution is -2.62. The minimum absolute atomic E-state index is 0.251. The van der Waals surface area contributed by atoms with E-state index in [-0.39, 0.29) is 5.54 Å². The van der Waals surface area contributed by atoms with Crippen LogP contribution in [0.1, 0.15) is 32.6 Å². The minimum Gasteiger partial charge on any atom is -0.329 e. The summed E-state index contributed by atoms with van der Waals surface area (Å²) < 4.78 is 0. The molecular formula is C14H29N3S. The third-order valence-electron chi connectivity index (χ3n) is 5.18. The van der Waals surface area contributed by atoms with Crippen molar-refractivity contribution in [3.63, 3.8) is 0 Å². The SMILES string of the molecule is CSCC(C)N(C)C1(CN)CCN2CCCC2C1. The van der Waals surface area contributed by atoms with Gasteiger partial charge in [0.2, 0.25) is 0 Å². The number of thioether (sulfide) groups is 1. The molecule has 0 aliphatic carbocycles. The van der Waals surface area contributed by atoms with Crippen LogP contribution in [0, 0.1) is 0 Å². The molecular weight excluding hydrogens is 242 g/mol. The highest BCUT2D eigenvalue weighted by molar-refractivity contribution is 7.98. The molecule has 0 aromatic rings. The zero-order valence-electron chi connectivity index (χ0n) is 12.2. The number of nitrogens with two attached hydrogens (primary N) is 1. The molecule has 2 saturated heterocycles. The van der Waals surface area contributed by atoms with E-state index in [0.717, 1.165) is 12.6 Å². The largest absolute Gasteiger partial charge is 0.329 e. The van der Waals surface area contributed by atoms with Crippen LogP contribution in [0.2, 0.25) is 0 Å². The van der Waals surface area contributed by atoms with Gasteiger partial charge in [0, 0.05) is 36.5 Å². The normalized spacial score (nSPS) is 34.8. The van der Waals surface area contributed by atoms with Crippen LogP contribution in [0.3, 0.4) is 0 Å². The lowest BCUT2D eigenvalue weighted by molar-refractivity contribution is 0.0105. The Morgan fingerprint density at radius 2 is 2.28 bits per heavy atom. The van der Waals surface area contributed by atoms with Gasteiger partial charge < -0.3 is 10.6 Å². The maximum Gasteiger partial charge on any atom is 0.0358 e. The van der Waals surface area contributed by atoms with E-state index < -0.39 is 0 Å². The Kier molecular flexibility index (Phi) is 4.98. The molecule has 2 heterocycles. The molecule has 2 aliphatic heterocycles. The van der Waals surface area contributed by atoms with Gasteiger partial charge >= 0.3 is 0 Å². The molecule has 0 amide bonds. The van der Waals surface area contributed by atoms with Crippen LogP contribution >= 0.6 is 11.8 Å². The van der Waals surface area contributed by atoms with E-state index in [4.69, 9.17) is 5.73 Å². The summed E-state index contributed by atoms with van der Waals surface area (Å²) in [5.41, 5.74) is 6.44. The van der Waals surface area contributed by atoms with Crippen molar-refractivity contribution in [3.05, 3.63) is 0 Å². The summed E-state index contributed by atoms with van der Waals surface area (Å²) in [6.07, 6.45) is 7.48. The topological polar surface area (TPSA) is 32.5 Å². The fourth-order valence-corrected chi connectivity index (χ4v) is 4.49.